The van der Waals surface area contributed by atoms with Gasteiger partial charge in [0.25, 0.3) is 0 Å². The third-order valence-corrected chi connectivity index (χ3v) is 7.40. The zero-order valence-corrected chi connectivity index (χ0v) is 17.6. The fourth-order valence-corrected chi connectivity index (χ4v) is 5.38. The maximum atomic E-state index is 12.8. The molecule has 0 bridgehead atoms. The molecule has 2 aromatic heterocycles. The molecule has 2 aromatic rings. The second-order valence-electron chi connectivity index (χ2n) is 6.45. The third-order valence-electron chi connectivity index (χ3n) is 4.41. The molecular formula is C16H18F3N5O4S2. The smallest absolute Gasteiger partial charge is 0.360 e. The van der Waals surface area contributed by atoms with Gasteiger partial charge in [-0.15, -0.1) is 0 Å². The number of rotatable bonds is 5. The van der Waals surface area contributed by atoms with Crippen LogP contribution in [0.3, 0.4) is 0 Å². The number of alkyl halides is 3. The average Bonchev–Trinajstić information content (AvgIpc) is 3.04. The minimum atomic E-state index is -4.59. The van der Waals surface area contributed by atoms with Crippen LogP contribution in [0.2, 0.25) is 0 Å². The summed E-state index contributed by atoms with van der Waals surface area (Å²) in [4.78, 5) is 21.0. The summed E-state index contributed by atoms with van der Waals surface area (Å²) in [6, 6.07) is 0.754. The Morgan fingerprint density at radius 1 is 1.23 bits per heavy atom. The number of sulfonamides is 1. The first-order valence-corrected chi connectivity index (χ1v) is 11.2. The van der Waals surface area contributed by atoms with Crippen molar-refractivity contribution in [2.75, 3.05) is 31.9 Å². The fourth-order valence-electron chi connectivity index (χ4n) is 2.94. The molecule has 0 radical (unpaired) electrons. The van der Waals surface area contributed by atoms with Crippen LogP contribution in [-0.4, -0.2) is 70.6 Å². The van der Waals surface area contributed by atoms with E-state index in [0.29, 0.717) is 0 Å². The molecule has 1 amide bonds. The minimum absolute atomic E-state index is 0.0273. The highest BCUT2D eigenvalue weighted by Crippen LogP contribution is 2.28. The quantitative estimate of drug-likeness (QED) is 0.485. The van der Waals surface area contributed by atoms with Crippen molar-refractivity contribution >= 4 is 27.7 Å². The Morgan fingerprint density at radius 3 is 2.47 bits per heavy atom. The molecule has 0 aromatic carbocycles. The number of amides is 1. The monoisotopic (exact) mass is 465 g/mol. The molecule has 14 heteroatoms. The number of thioether (sulfide) groups is 1. The molecule has 1 fully saturated rings. The second-order valence-corrected chi connectivity index (χ2v) is 9.27. The first-order chi connectivity index (χ1) is 14.0. The van der Waals surface area contributed by atoms with E-state index in [1.807, 2.05) is 0 Å². The first-order valence-electron chi connectivity index (χ1n) is 8.74. The number of aromatic nitrogens is 3. The van der Waals surface area contributed by atoms with Crippen molar-refractivity contribution in [3.05, 3.63) is 29.4 Å². The zero-order chi connectivity index (χ0) is 22.1. The largest absolute Gasteiger partial charge is 0.433 e. The highest BCUT2D eigenvalue weighted by molar-refractivity contribution is 7.99. The summed E-state index contributed by atoms with van der Waals surface area (Å²) in [6.07, 6.45) is -3.60. The van der Waals surface area contributed by atoms with Crippen molar-refractivity contribution in [1.82, 2.24) is 24.3 Å². The van der Waals surface area contributed by atoms with Crippen LogP contribution >= 0.6 is 11.8 Å². The van der Waals surface area contributed by atoms with Gasteiger partial charge >= 0.3 is 6.18 Å². The van der Waals surface area contributed by atoms with Crippen LogP contribution in [0.15, 0.2) is 26.8 Å². The highest BCUT2D eigenvalue weighted by atomic mass is 32.2. The molecule has 0 atom stereocenters. The molecule has 0 unspecified atom stereocenters. The Morgan fingerprint density at radius 2 is 1.90 bits per heavy atom. The molecule has 3 rings (SSSR count). The first kappa shape index (κ1) is 22.5. The van der Waals surface area contributed by atoms with Crippen LogP contribution in [0.25, 0.3) is 0 Å². The van der Waals surface area contributed by atoms with Crippen molar-refractivity contribution in [2.45, 2.75) is 30.1 Å². The van der Waals surface area contributed by atoms with Gasteiger partial charge in [0.05, 0.1) is 5.75 Å². The van der Waals surface area contributed by atoms with E-state index in [2.05, 4.69) is 15.1 Å². The van der Waals surface area contributed by atoms with Crippen molar-refractivity contribution in [3.63, 3.8) is 0 Å². The molecule has 164 valence electrons. The van der Waals surface area contributed by atoms with Gasteiger partial charge in [-0.2, -0.15) is 17.5 Å². The van der Waals surface area contributed by atoms with Gasteiger partial charge in [0.1, 0.15) is 16.3 Å². The predicted octanol–water partition coefficient (Wildman–Crippen LogP) is 1.73. The normalized spacial score (nSPS) is 16.1. The van der Waals surface area contributed by atoms with E-state index in [1.54, 1.807) is 0 Å². The fraction of sp³-hybridized carbons (Fsp3) is 0.500. The molecule has 0 saturated carbocycles. The predicted molar refractivity (Wildman–Crippen MR) is 99.1 cm³/mol. The molecule has 9 nitrogen and oxygen atoms in total. The van der Waals surface area contributed by atoms with Crippen LogP contribution in [0.1, 0.15) is 17.1 Å². The molecule has 3 heterocycles. The summed E-state index contributed by atoms with van der Waals surface area (Å²) in [5.41, 5.74) is -0.811. The SMILES string of the molecule is Cc1noc(C)c1S(=O)(=O)N1CCN(C(=O)CSc2nccc(C(F)(F)F)n2)CC1. The number of hydrogen-bond donors (Lipinski definition) is 0. The lowest BCUT2D eigenvalue weighted by atomic mass is 10.3. The van der Waals surface area contributed by atoms with Crippen molar-refractivity contribution in [2.24, 2.45) is 0 Å². The van der Waals surface area contributed by atoms with Gasteiger partial charge in [-0.05, 0) is 19.9 Å². The summed E-state index contributed by atoms with van der Waals surface area (Å²) >= 11 is 0.795. The van der Waals surface area contributed by atoms with E-state index >= 15 is 0 Å². The van der Waals surface area contributed by atoms with Gasteiger partial charge in [0.15, 0.2) is 10.9 Å². The molecule has 1 saturated heterocycles. The van der Waals surface area contributed by atoms with Crippen LogP contribution in [0.5, 0.6) is 0 Å². The van der Waals surface area contributed by atoms with Gasteiger partial charge < -0.3 is 9.42 Å². The van der Waals surface area contributed by atoms with Crippen LogP contribution in [0.4, 0.5) is 13.2 Å². The standard InChI is InChI=1S/C16H18F3N5O4S2/c1-10-14(11(2)28-22-10)30(26,27)24-7-5-23(6-8-24)13(25)9-29-15-20-4-3-12(21-15)16(17,18)19/h3-4H,5-9H2,1-2H3. The number of nitrogens with zero attached hydrogens (tertiary/aromatic N) is 5. The van der Waals surface area contributed by atoms with E-state index in [1.165, 1.54) is 23.1 Å². The summed E-state index contributed by atoms with van der Waals surface area (Å²) < 4.78 is 69.9. The molecule has 1 aliphatic heterocycles. The lowest BCUT2D eigenvalue weighted by Gasteiger charge is -2.33. The van der Waals surface area contributed by atoms with Gasteiger partial charge in [-0.1, -0.05) is 16.9 Å². The Hall–Kier alpha value is -2.19. The topological polar surface area (TPSA) is 110 Å². The molecule has 0 spiro atoms. The number of halogens is 3. The molecule has 0 N–H and O–H groups in total. The Kier molecular flexibility index (Phi) is 6.38. The maximum Gasteiger partial charge on any atom is 0.433 e. The number of hydrogen-bond acceptors (Lipinski definition) is 8. The minimum Gasteiger partial charge on any atom is -0.360 e. The highest BCUT2D eigenvalue weighted by Gasteiger charge is 2.35. The van der Waals surface area contributed by atoms with Crippen molar-refractivity contribution in [1.29, 1.82) is 0 Å². The van der Waals surface area contributed by atoms with Gasteiger partial charge in [0.2, 0.25) is 15.9 Å². The van der Waals surface area contributed by atoms with Crippen molar-refractivity contribution in [3.8, 4) is 0 Å². The van der Waals surface area contributed by atoms with E-state index in [9.17, 15) is 26.4 Å². The summed E-state index contributed by atoms with van der Waals surface area (Å²) in [5, 5.41) is 3.51. The van der Waals surface area contributed by atoms with E-state index < -0.39 is 21.9 Å². The van der Waals surface area contributed by atoms with E-state index in [4.69, 9.17) is 4.52 Å². The number of piperazine rings is 1. The van der Waals surface area contributed by atoms with Crippen LogP contribution in [0, 0.1) is 13.8 Å². The van der Waals surface area contributed by atoms with Crippen LogP contribution < -0.4 is 0 Å². The van der Waals surface area contributed by atoms with E-state index in [-0.39, 0.29) is 59.3 Å². The Balaban J connectivity index is 1.57. The lowest BCUT2D eigenvalue weighted by Crippen LogP contribution is -2.51. The van der Waals surface area contributed by atoms with E-state index in [0.717, 1.165) is 24.0 Å². The zero-order valence-electron chi connectivity index (χ0n) is 16.0. The maximum absolute atomic E-state index is 12.8. The summed E-state index contributed by atoms with van der Waals surface area (Å²) in [7, 11) is -3.80. The molecule has 30 heavy (non-hydrogen) atoms. The lowest BCUT2D eigenvalue weighted by molar-refractivity contribution is -0.141. The summed E-state index contributed by atoms with van der Waals surface area (Å²) in [6.45, 7) is 3.54. The van der Waals surface area contributed by atoms with Gasteiger partial charge in [-0.25, -0.2) is 18.4 Å². The molecule has 0 aliphatic carbocycles. The Labute approximate surface area is 174 Å². The van der Waals surface area contributed by atoms with Gasteiger partial charge in [-0.3, -0.25) is 4.79 Å². The number of carbonyl (C=O) groups is 1. The average molecular weight is 465 g/mol. The van der Waals surface area contributed by atoms with Crippen molar-refractivity contribution < 1.29 is 30.9 Å². The second kappa shape index (κ2) is 8.51. The van der Waals surface area contributed by atoms with Gasteiger partial charge in [0, 0.05) is 32.4 Å². The molecule has 1 aliphatic rings. The Bertz CT molecular complexity index is 1010. The summed E-state index contributed by atoms with van der Waals surface area (Å²) in [5.74, 6) is -0.295. The number of aryl methyl sites for hydroxylation is 2. The number of carbonyl (C=O) groups excluding carboxylic acids is 1. The third kappa shape index (κ3) is 4.75. The molecular weight excluding hydrogens is 447 g/mol. The van der Waals surface area contributed by atoms with Crippen LogP contribution in [-0.2, 0) is 21.0 Å².